The van der Waals surface area contributed by atoms with Gasteiger partial charge in [0.1, 0.15) is 11.4 Å². The maximum atomic E-state index is 13.7. The number of nitrogens with one attached hydrogen (secondary N) is 1. The van der Waals surface area contributed by atoms with Crippen LogP contribution in [0.5, 0.6) is 0 Å². The molecule has 0 unspecified atom stereocenters. The molecule has 2 amide bonds. The molecular weight excluding hydrogens is 901 g/mol. The number of para-hydroxylation sites is 1. The fourth-order valence-electron chi connectivity index (χ4n) is 8.06. The molecule has 1 saturated heterocycles. The van der Waals surface area contributed by atoms with Crippen molar-refractivity contribution in [3.05, 3.63) is 124 Å². The van der Waals surface area contributed by atoms with Gasteiger partial charge in [0, 0.05) is 64.4 Å². The van der Waals surface area contributed by atoms with Crippen molar-refractivity contribution in [2.24, 2.45) is 0 Å². The number of unbranched alkanes of at least 4 members (excludes halogenated alkanes) is 2. The summed E-state index contributed by atoms with van der Waals surface area (Å²) in [5, 5.41) is 22.0. The van der Waals surface area contributed by atoms with Gasteiger partial charge in [-0.1, -0.05) is 61.0 Å². The summed E-state index contributed by atoms with van der Waals surface area (Å²) < 4.78 is 24.5. The predicted octanol–water partition coefficient (Wildman–Crippen LogP) is 6.53. The number of benzene rings is 2. The number of hydrogen-bond donors (Lipinski definition) is 3. The van der Waals surface area contributed by atoms with Gasteiger partial charge in [-0.3, -0.25) is 19.4 Å². The molecule has 2 aliphatic heterocycles. The normalized spacial score (nSPS) is 18.0. The third-order valence-corrected chi connectivity index (χ3v) is 12.9. The Balaban J connectivity index is 0.952. The lowest BCUT2D eigenvalue weighted by Crippen LogP contribution is -2.35. The number of rotatable bonds is 17. The molecule has 16 nitrogen and oxygen atoms in total. The highest BCUT2D eigenvalue weighted by atomic mass is 32.2. The summed E-state index contributed by atoms with van der Waals surface area (Å²) in [5.74, 6) is -0.747. The van der Waals surface area contributed by atoms with E-state index in [-0.39, 0.29) is 42.1 Å². The van der Waals surface area contributed by atoms with Gasteiger partial charge in [-0.25, -0.2) is 19.6 Å². The highest BCUT2D eigenvalue weighted by Crippen LogP contribution is 2.33. The van der Waals surface area contributed by atoms with Crippen LogP contribution in [0.1, 0.15) is 88.1 Å². The van der Waals surface area contributed by atoms with E-state index >= 15 is 0 Å². The molecule has 0 aliphatic carbocycles. The van der Waals surface area contributed by atoms with Crippen LogP contribution in [0.4, 0.5) is 5.69 Å². The molecule has 2 aromatic heterocycles. The Hall–Kier alpha value is -5.53. The van der Waals surface area contributed by atoms with Crippen molar-refractivity contribution in [2.45, 2.75) is 64.8 Å². The van der Waals surface area contributed by atoms with Crippen molar-refractivity contribution >= 4 is 52.9 Å². The van der Waals surface area contributed by atoms with Gasteiger partial charge in [-0.05, 0) is 84.2 Å². The van der Waals surface area contributed by atoms with Gasteiger partial charge >= 0.3 is 11.9 Å². The molecule has 370 valence electrons. The number of carbonyl (C=O) groups is 4. The number of allylic oxidation sites excluding steroid dienone is 1. The number of nitrogens with zero attached hydrogens (tertiary/aromatic N) is 5. The fraction of sp³-hybridized carbons (Fsp3) is 0.462. The smallest absolute Gasteiger partial charge is 0.354 e. The Bertz CT molecular complexity index is 2320. The number of fused-ring (bicyclic) bond motifs is 2. The SMILES string of the molecule is C/C1=C/c2ccccc2N(C(=O)CCC(=O)NCCCCCSC[C@@H]2COCCN(Cc3cccc(C(=O)O)n3)CCOCCOCCN(Cc3cccc(C(=O)O)n3)CCO2)Cc2ccccc21. The zero-order valence-corrected chi connectivity index (χ0v) is 40.4. The Morgan fingerprint density at radius 3 is 2.00 bits per heavy atom. The van der Waals surface area contributed by atoms with Gasteiger partial charge in [0.25, 0.3) is 0 Å². The molecule has 4 aromatic rings. The molecular formula is C52H66N6O10S. The minimum absolute atomic E-state index is 0.00207. The van der Waals surface area contributed by atoms with E-state index in [1.165, 1.54) is 12.1 Å². The molecule has 0 bridgehead atoms. The number of anilines is 1. The van der Waals surface area contributed by atoms with E-state index in [1.807, 2.05) is 48.5 Å². The van der Waals surface area contributed by atoms with Gasteiger partial charge in [0.05, 0.1) is 76.0 Å². The summed E-state index contributed by atoms with van der Waals surface area (Å²) in [7, 11) is 0. The molecule has 2 aliphatic rings. The molecule has 4 heterocycles. The van der Waals surface area contributed by atoms with Crippen molar-refractivity contribution < 1.29 is 48.3 Å². The Morgan fingerprint density at radius 1 is 0.696 bits per heavy atom. The van der Waals surface area contributed by atoms with Crippen LogP contribution in [0.2, 0.25) is 0 Å². The molecule has 69 heavy (non-hydrogen) atoms. The van der Waals surface area contributed by atoms with Crippen molar-refractivity contribution in [1.29, 1.82) is 0 Å². The number of aromatic nitrogens is 2. The number of aromatic carboxylic acids is 2. The number of amides is 2. The lowest BCUT2D eigenvalue weighted by atomic mass is 9.95. The van der Waals surface area contributed by atoms with E-state index in [2.05, 4.69) is 50.2 Å². The molecule has 2 aromatic carbocycles. The number of hydrogen-bond acceptors (Lipinski definition) is 13. The molecule has 17 heteroatoms. The Morgan fingerprint density at radius 2 is 1.32 bits per heavy atom. The average Bonchev–Trinajstić information content (AvgIpc) is 3.34. The van der Waals surface area contributed by atoms with Gasteiger partial charge in [-0.2, -0.15) is 11.8 Å². The second-order valence-corrected chi connectivity index (χ2v) is 18.1. The van der Waals surface area contributed by atoms with Crippen LogP contribution in [-0.2, 0) is 48.2 Å². The topological polar surface area (TPSA) is 193 Å². The van der Waals surface area contributed by atoms with Crippen LogP contribution in [0, 0.1) is 0 Å². The first-order chi connectivity index (χ1) is 33.6. The van der Waals surface area contributed by atoms with E-state index in [4.69, 9.17) is 18.9 Å². The molecule has 6 rings (SSSR count). The monoisotopic (exact) mass is 966 g/mol. The molecule has 1 atom stereocenters. The number of thioether (sulfide) groups is 1. The first-order valence-electron chi connectivity index (χ1n) is 23.8. The minimum atomic E-state index is -1.08. The van der Waals surface area contributed by atoms with Crippen molar-refractivity contribution in [2.75, 3.05) is 95.4 Å². The number of carbonyl (C=O) groups excluding carboxylic acids is 2. The molecule has 3 N–H and O–H groups in total. The van der Waals surface area contributed by atoms with Crippen LogP contribution in [0.15, 0.2) is 84.9 Å². The zero-order valence-electron chi connectivity index (χ0n) is 39.6. The summed E-state index contributed by atoms with van der Waals surface area (Å²) in [6, 6.07) is 26.0. The lowest BCUT2D eigenvalue weighted by molar-refractivity contribution is -0.125. The Labute approximate surface area is 409 Å². The maximum absolute atomic E-state index is 13.7. The lowest BCUT2D eigenvalue weighted by Gasteiger charge is -2.28. The van der Waals surface area contributed by atoms with Crippen molar-refractivity contribution in [1.82, 2.24) is 25.1 Å². The van der Waals surface area contributed by atoms with Crippen LogP contribution >= 0.6 is 11.8 Å². The molecule has 0 radical (unpaired) electrons. The van der Waals surface area contributed by atoms with E-state index < -0.39 is 11.9 Å². The van der Waals surface area contributed by atoms with Crippen LogP contribution < -0.4 is 10.2 Å². The Kier molecular flexibility index (Phi) is 22.1. The quantitative estimate of drug-likeness (QED) is 0.0967. The largest absolute Gasteiger partial charge is 0.477 e. The van der Waals surface area contributed by atoms with E-state index in [9.17, 15) is 29.4 Å². The summed E-state index contributed by atoms with van der Waals surface area (Å²) in [6.45, 7) is 9.14. The maximum Gasteiger partial charge on any atom is 0.354 e. The highest BCUT2D eigenvalue weighted by Gasteiger charge is 2.23. The van der Waals surface area contributed by atoms with Crippen LogP contribution in [0.25, 0.3) is 11.6 Å². The fourth-order valence-corrected chi connectivity index (χ4v) is 9.09. The third kappa shape index (κ3) is 18.1. The second kappa shape index (κ2) is 28.8. The number of carboxylic acids is 2. The van der Waals surface area contributed by atoms with Crippen molar-refractivity contribution in [3.8, 4) is 0 Å². The first kappa shape index (κ1) is 52.8. The predicted molar refractivity (Wildman–Crippen MR) is 266 cm³/mol. The summed E-state index contributed by atoms with van der Waals surface area (Å²) >= 11 is 1.79. The standard InChI is InChI=1S/C52H66N6O10S/c1-39-33-40-11-4-6-18-48(40)58(34-41-12-3-5-15-45(39)41)50(60)20-19-49(59)53-21-7-2-8-32-69-38-44-37-67-28-24-56(35-42-13-9-16-46(54-42)51(61)62)22-26-65-30-31-66-27-23-57(25-29-68-44)36-43-14-10-17-47(55-43)52(63)64/h3-6,9-18,33,44H,2,7-8,19-32,34-38H2,1H3,(H,53,59)(H,61,62)(H,63,64)/b39-33-/t44-/m0/s1. The van der Waals surface area contributed by atoms with E-state index in [0.717, 1.165) is 53.0 Å². The second-order valence-electron chi connectivity index (χ2n) is 17.0. The van der Waals surface area contributed by atoms with Gasteiger partial charge in [0.2, 0.25) is 11.8 Å². The summed E-state index contributed by atoms with van der Waals surface area (Å²) in [6.07, 6.45) is 4.88. The van der Waals surface area contributed by atoms with Crippen molar-refractivity contribution in [3.63, 3.8) is 0 Å². The average molecular weight is 967 g/mol. The summed E-state index contributed by atoms with van der Waals surface area (Å²) in [4.78, 5) is 64.4. The van der Waals surface area contributed by atoms with Gasteiger partial charge < -0.3 is 39.4 Å². The van der Waals surface area contributed by atoms with Crippen LogP contribution in [0.3, 0.4) is 0 Å². The molecule has 1 fully saturated rings. The molecule has 0 spiro atoms. The summed E-state index contributed by atoms with van der Waals surface area (Å²) in [5.41, 5.74) is 6.44. The van der Waals surface area contributed by atoms with Gasteiger partial charge in [-0.15, -0.1) is 0 Å². The first-order valence-corrected chi connectivity index (χ1v) is 25.0. The number of carboxylic acid groups (broad SMARTS) is 2. The minimum Gasteiger partial charge on any atom is -0.477 e. The van der Waals surface area contributed by atoms with Crippen LogP contribution in [-0.4, -0.2) is 150 Å². The zero-order chi connectivity index (χ0) is 48.6. The highest BCUT2D eigenvalue weighted by molar-refractivity contribution is 7.99. The number of pyridine rings is 2. The van der Waals surface area contributed by atoms with Gasteiger partial charge in [0.15, 0.2) is 0 Å². The van der Waals surface area contributed by atoms with E-state index in [0.29, 0.717) is 116 Å². The third-order valence-electron chi connectivity index (χ3n) is 11.7. The molecule has 0 saturated carbocycles. The number of ether oxygens (including phenoxy) is 4. The van der Waals surface area contributed by atoms with E-state index in [1.54, 1.807) is 28.8 Å².